The van der Waals surface area contributed by atoms with Gasteiger partial charge in [0.1, 0.15) is 7.85 Å². The first-order valence-electron chi connectivity index (χ1n) is 3.14. The van der Waals surface area contributed by atoms with Crippen molar-refractivity contribution in [2.75, 3.05) is 6.61 Å². The zero-order valence-corrected chi connectivity index (χ0v) is 5.89. The number of ether oxygens (including phenoxy) is 1. The molecule has 0 heterocycles. The molecular formula is C6H11BO2. The molecule has 0 radical (unpaired) electrons. The lowest BCUT2D eigenvalue weighted by Crippen LogP contribution is -1.98. The fraction of sp³-hybridized carbons (Fsp3) is 0.500. The van der Waals surface area contributed by atoms with E-state index in [9.17, 15) is 4.79 Å². The summed E-state index contributed by atoms with van der Waals surface area (Å²) in [6, 6.07) is 0. The van der Waals surface area contributed by atoms with Crippen molar-refractivity contribution < 1.29 is 9.53 Å². The zero-order chi connectivity index (χ0) is 7.11. The van der Waals surface area contributed by atoms with E-state index < -0.39 is 0 Å². The Bertz CT molecular complexity index is 110. The van der Waals surface area contributed by atoms with Crippen molar-refractivity contribution in [3.05, 3.63) is 12.2 Å². The standard InChI is InChI=1S/C6H11BO2/c1-2-9-6(8)4-3-5-7/h3-4H,2,5,7H2,1H3/b4-3+. The predicted molar refractivity (Wildman–Crippen MR) is 39.1 cm³/mol. The maximum atomic E-state index is 10.5. The van der Waals surface area contributed by atoms with Crippen LogP contribution in [0.3, 0.4) is 0 Å². The van der Waals surface area contributed by atoms with Gasteiger partial charge >= 0.3 is 5.97 Å². The van der Waals surface area contributed by atoms with Crippen molar-refractivity contribution in [2.45, 2.75) is 13.2 Å². The number of carbonyl (C=O) groups excluding carboxylic acids is 1. The molecule has 0 aromatic heterocycles. The Hall–Kier alpha value is -0.725. The normalized spacial score (nSPS) is 9.89. The Balaban J connectivity index is 3.37. The molecule has 2 nitrogen and oxygen atoms in total. The average molecular weight is 126 g/mol. The fourth-order valence-electron chi connectivity index (χ4n) is 0.404. The second-order valence-electron chi connectivity index (χ2n) is 1.56. The van der Waals surface area contributed by atoms with E-state index in [1.807, 2.05) is 7.85 Å². The van der Waals surface area contributed by atoms with Crippen LogP contribution >= 0.6 is 0 Å². The van der Waals surface area contributed by atoms with Crippen LogP contribution in [0.15, 0.2) is 12.2 Å². The van der Waals surface area contributed by atoms with Crippen LogP contribution < -0.4 is 0 Å². The van der Waals surface area contributed by atoms with Crippen LogP contribution in [0, 0.1) is 0 Å². The van der Waals surface area contributed by atoms with Crippen molar-refractivity contribution >= 4 is 13.8 Å². The highest BCUT2D eigenvalue weighted by Gasteiger charge is 1.89. The molecule has 0 aromatic rings. The molecular weight excluding hydrogens is 115 g/mol. The van der Waals surface area contributed by atoms with E-state index in [-0.39, 0.29) is 5.97 Å². The molecule has 3 heteroatoms. The lowest BCUT2D eigenvalue weighted by Gasteiger charge is -1.92. The molecule has 0 N–H and O–H groups in total. The predicted octanol–water partition coefficient (Wildman–Crippen LogP) is 0.157. The van der Waals surface area contributed by atoms with E-state index in [2.05, 4.69) is 4.74 Å². The summed E-state index contributed by atoms with van der Waals surface area (Å²) >= 11 is 0. The fourth-order valence-corrected chi connectivity index (χ4v) is 0.404. The molecule has 0 bridgehead atoms. The SMILES string of the molecule is BC/C=C/C(=O)OCC. The second-order valence-corrected chi connectivity index (χ2v) is 1.56. The van der Waals surface area contributed by atoms with Gasteiger partial charge < -0.3 is 4.74 Å². The van der Waals surface area contributed by atoms with E-state index in [0.717, 1.165) is 6.32 Å². The highest BCUT2D eigenvalue weighted by atomic mass is 16.5. The van der Waals surface area contributed by atoms with Gasteiger partial charge in [0.2, 0.25) is 0 Å². The molecule has 0 rings (SSSR count). The van der Waals surface area contributed by atoms with Crippen LogP contribution in [-0.2, 0) is 9.53 Å². The van der Waals surface area contributed by atoms with Gasteiger partial charge in [-0.2, -0.15) is 0 Å². The third-order valence-corrected chi connectivity index (χ3v) is 0.776. The first-order valence-corrected chi connectivity index (χ1v) is 3.14. The van der Waals surface area contributed by atoms with Gasteiger partial charge in [0.15, 0.2) is 0 Å². The lowest BCUT2D eigenvalue weighted by molar-refractivity contribution is -0.137. The summed E-state index contributed by atoms with van der Waals surface area (Å²) in [5.74, 6) is -0.251. The second kappa shape index (κ2) is 5.41. The molecule has 0 saturated heterocycles. The van der Waals surface area contributed by atoms with Crippen LogP contribution in [0.5, 0.6) is 0 Å². The van der Waals surface area contributed by atoms with Crippen LogP contribution in [0.1, 0.15) is 6.92 Å². The smallest absolute Gasteiger partial charge is 0.330 e. The summed E-state index contributed by atoms with van der Waals surface area (Å²) in [6.07, 6.45) is 4.10. The van der Waals surface area contributed by atoms with Gasteiger partial charge in [-0.15, -0.1) is 0 Å². The molecule has 0 aliphatic heterocycles. The molecule has 0 fully saturated rings. The third kappa shape index (κ3) is 5.14. The molecule has 0 saturated carbocycles. The van der Waals surface area contributed by atoms with Crippen molar-refractivity contribution in [2.24, 2.45) is 0 Å². The monoisotopic (exact) mass is 126 g/mol. The molecule has 0 spiro atoms. The van der Waals surface area contributed by atoms with Crippen LogP contribution in [0.2, 0.25) is 6.32 Å². The number of carbonyl (C=O) groups is 1. The summed E-state index contributed by atoms with van der Waals surface area (Å²) < 4.78 is 4.62. The van der Waals surface area contributed by atoms with Gasteiger partial charge in [0.25, 0.3) is 0 Å². The Morgan fingerprint density at radius 1 is 1.78 bits per heavy atom. The van der Waals surface area contributed by atoms with Crippen molar-refractivity contribution in [3.63, 3.8) is 0 Å². The number of rotatable bonds is 3. The summed E-state index contributed by atoms with van der Waals surface area (Å²) in [5, 5.41) is 0. The Morgan fingerprint density at radius 3 is 2.89 bits per heavy atom. The van der Waals surface area contributed by atoms with Gasteiger partial charge in [0, 0.05) is 6.08 Å². The Kier molecular flexibility index (Phi) is 4.98. The minimum atomic E-state index is -0.251. The summed E-state index contributed by atoms with van der Waals surface area (Å²) in [4.78, 5) is 10.5. The molecule has 0 atom stereocenters. The highest BCUT2D eigenvalue weighted by molar-refractivity contribution is 6.09. The number of hydrogen-bond donors (Lipinski definition) is 0. The number of esters is 1. The van der Waals surface area contributed by atoms with Gasteiger partial charge in [-0.3, -0.25) is 0 Å². The maximum absolute atomic E-state index is 10.5. The van der Waals surface area contributed by atoms with Crippen LogP contribution in [-0.4, -0.2) is 20.4 Å². The van der Waals surface area contributed by atoms with Crippen molar-refractivity contribution in [3.8, 4) is 0 Å². The quantitative estimate of drug-likeness (QED) is 0.305. The van der Waals surface area contributed by atoms with Crippen molar-refractivity contribution in [1.29, 1.82) is 0 Å². The van der Waals surface area contributed by atoms with Gasteiger partial charge in [0.05, 0.1) is 6.61 Å². The largest absolute Gasteiger partial charge is 0.463 e. The van der Waals surface area contributed by atoms with Gasteiger partial charge in [-0.05, 0) is 6.92 Å². The zero-order valence-electron chi connectivity index (χ0n) is 5.89. The minimum absolute atomic E-state index is 0.251. The Morgan fingerprint density at radius 2 is 2.44 bits per heavy atom. The van der Waals surface area contributed by atoms with E-state index in [0.29, 0.717) is 6.61 Å². The van der Waals surface area contributed by atoms with E-state index in [4.69, 9.17) is 0 Å². The first-order chi connectivity index (χ1) is 4.31. The topological polar surface area (TPSA) is 26.3 Å². The number of hydrogen-bond acceptors (Lipinski definition) is 2. The lowest BCUT2D eigenvalue weighted by atomic mass is 10.1. The third-order valence-electron chi connectivity index (χ3n) is 0.776. The molecule has 9 heavy (non-hydrogen) atoms. The van der Waals surface area contributed by atoms with E-state index in [1.165, 1.54) is 6.08 Å². The summed E-state index contributed by atoms with van der Waals surface area (Å²) in [7, 11) is 1.97. The van der Waals surface area contributed by atoms with Gasteiger partial charge in [-0.1, -0.05) is 12.4 Å². The summed E-state index contributed by atoms with van der Waals surface area (Å²) in [5.41, 5.74) is 0. The maximum Gasteiger partial charge on any atom is 0.330 e. The van der Waals surface area contributed by atoms with E-state index in [1.54, 1.807) is 13.0 Å². The molecule has 0 aliphatic rings. The average Bonchev–Trinajstić information content (AvgIpc) is 1.85. The van der Waals surface area contributed by atoms with E-state index >= 15 is 0 Å². The highest BCUT2D eigenvalue weighted by Crippen LogP contribution is 1.82. The first kappa shape index (κ1) is 8.27. The van der Waals surface area contributed by atoms with Crippen LogP contribution in [0.25, 0.3) is 0 Å². The number of allylic oxidation sites excluding steroid dienone is 1. The molecule has 0 aliphatic carbocycles. The summed E-state index contributed by atoms with van der Waals surface area (Å²) in [6.45, 7) is 2.24. The molecule has 0 unspecified atom stereocenters. The van der Waals surface area contributed by atoms with Crippen LogP contribution in [0.4, 0.5) is 0 Å². The molecule has 0 amide bonds. The Labute approximate surface area is 56.3 Å². The van der Waals surface area contributed by atoms with Crippen molar-refractivity contribution in [1.82, 2.24) is 0 Å². The molecule has 0 aromatic carbocycles. The van der Waals surface area contributed by atoms with Gasteiger partial charge in [-0.25, -0.2) is 4.79 Å². The molecule has 50 valence electrons. The minimum Gasteiger partial charge on any atom is -0.463 e.